The zero-order valence-electron chi connectivity index (χ0n) is 50.3. The van der Waals surface area contributed by atoms with Gasteiger partial charge >= 0.3 is 0 Å². The predicted molar refractivity (Wildman–Crippen MR) is 411 cm³/mol. The van der Waals surface area contributed by atoms with Crippen LogP contribution in [-0.2, 0) is 0 Å². The van der Waals surface area contributed by atoms with Crippen LogP contribution in [0.25, 0.3) is 91.8 Å². The highest BCUT2D eigenvalue weighted by atomic mass is 32.1. The number of para-hydroxylation sites is 3. The Morgan fingerprint density at radius 1 is 0.223 bits per heavy atom. The van der Waals surface area contributed by atoms with Gasteiger partial charge in [-0.2, -0.15) is 0 Å². The molecule has 18 aromatic rings. The summed E-state index contributed by atoms with van der Waals surface area (Å²) in [6.45, 7) is -0.0686. The van der Waals surface area contributed by atoms with E-state index < -0.39 is 0 Å². The molecular formula is C84H48B2N4S4. The van der Waals surface area contributed by atoms with E-state index in [9.17, 15) is 0 Å². The Morgan fingerprint density at radius 2 is 0.638 bits per heavy atom. The van der Waals surface area contributed by atoms with E-state index in [0.29, 0.717) is 0 Å². The normalized spacial score (nSPS) is 13.6. The molecule has 4 aliphatic heterocycles. The lowest BCUT2D eigenvalue weighted by Crippen LogP contribution is -2.61. The van der Waals surface area contributed by atoms with Gasteiger partial charge in [-0.1, -0.05) is 170 Å². The average Bonchev–Trinajstić information content (AvgIpc) is 0.823. The summed E-state index contributed by atoms with van der Waals surface area (Å²) >= 11 is 7.57. The van der Waals surface area contributed by atoms with Gasteiger partial charge in [0, 0.05) is 138 Å². The van der Waals surface area contributed by atoms with Crippen LogP contribution in [0.5, 0.6) is 0 Å². The van der Waals surface area contributed by atoms with Crippen molar-refractivity contribution >= 4 is 240 Å². The number of hydrogen-bond acceptors (Lipinski definition) is 8. The fraction of sp³-hybridized carbons (Fsp3) is 0. The standard InChI is InChI=1S/C84H48B2N4S4/c1-12-37-75-52(19-1)55-23-15-35-73(84(55)94-75)90-66-29-10-7-26-62(66)85-60-24-5-9-28-65(60)88(70-32-17-34-72(90)81(70)85)51-47-57(83-59(48-51)54-21-3-13-38-76(54)93-83)49-41-43-67-63(45-49)86-61-25-6-8-27-64(61)87(50-42-44-78-58(46-50)53-20-2-11-36-74(53)91-78)69-31-16-33-71(82(69)86)89(67)68-30-18-40-79-80(68)56-22-4-14-39-77(56)92-79/h1-48H. The minimum absolute atomic E-state index is 0.0138. The molecule has 0 spiro atoms. The van der Waals surface area contributed by atoms with Gasteiger partial charge in [-0.25, -0.2) is 0 Å². The zero-order valence-corrected chi connectivity index (χ0v) is 53.6. The number of fused-ring (bicyclic) bond motifs is 20. The van der Waals surface area contributed by atoms with E-state index in [-0.39, 0.29) is 13.4 Å². The third kappa shape index (κ3) is 7.07. The molecule has 22 rings (SSSR count). The Bertz CT molecular complexity index is 6350. The fourth-order valence-corrected chi connectivity index (χ4v) is 21.5. The third-order valence-corrected chi connectivity index (χ3v) is 25.3. The molecule has 8 heterocycles. The highest BCUT2D eigenvalue weighted by molar-refractivity contribution is 7.27. The smallest absolute Gasteiger partial charge is 0.252 e. The van der Waals surface area contributed by atoms with Crippen LogP contribution >= 0.6 is 45.3 Å². The molecule has 434 valence electrons. The monoisotopic (exact) mass is 1260 g/mol. The second kappa shape index (κ2) is 19.4. The highest BCUT2D eigenvalue weighted by Gasteiger charge is 2.46. The first-order valence-electron chi connectivity index (χ1n) is 32.2. The maximum atomic E-state index is 2.62. The fourth-order valence-electron chi connectivity index (χ4n) is 16.8. The average molecular weight is 1260 g/mol. The van der Waals surface area contributed by atoms with E-state index in [1.165, 1.54) is 181 Å². The Balaban J connectivity index is 0.784. The number of hydrogen-bond donors (Lipinski definition) is 0. The maximum Gasteiger partial charge on any atom is 0.252 e. The predicted octanol–water partition coefficient (Wildman–Crippen LogP) is 21.0. The van der Waals surface area contributed by atoms with Gasteiger partial charge in [0.05, 0.1) is 16.1 Å². The van der Waals surface area contributed by atoms with Gasteiger partial charge in [-0.05, 0) is 160 Å². The van der Waals surface area contributed by atoms with Crippen LogP contribution in [-0.4, -0.2) is 13.4 Å². The Morgan fingerprint density at radius 3 is 1.32 bits per heavy atom. The Kier molecular flexibility index (Phi) is 10.7. The Labute approximate surface area is 558 Å². The molecule has 10 heteroatoms. The topological polar surface area (TPSA) is 13.0 Å². The van der Waals surface area contributed by atoms with Crippen LogP contribution in [0.2, 0.25) is 0 Å². The Hall–Kier alpha value is -10.7. The van der Waals surface area contributed by atoms with E-state index in [1.807, 2.05) is 45.3 Å². The summed E-state index contributed by atoms with van der Waals surface area (Å²) in [5, 5.41) is 10.3. The summed E-state index contributed by atoms with van der Waals surface area (Å²) in [5.74, 6) is 0. The minimum atomic E-state index is -0.0824. The molecule has 0 saturated carbocycles. The second-order valence-electron chi connectivity index (χ2n) is 25.3. The lowest BCUT2D eigenvalue weighted by atomic mass is 9.33. The van der Waals surface area contributed by atoms with E-state index in [0.717, 1.165) is 11.4 Å². The van der Waals surface area contributed by atoms with Gasteiger partial charge in [0.25, 0.3) is 13.4 Å². The van der Waals surface area contributed by atoms with Crippen LogP contribution < -0.4 is 52.4 Å². The lowest BCUT2D eigenvalue weighted by molar-refractivity contribution is 1.26. The summed E-state index contributed by atoms with van der Waals surface area (Å²) in [4.78, 5) is 10.3. The van der Waals surface area contributed by atoms with Crippen LogP contribution in [0.15, 0.2) is 291 Å². The van der Waals surface area contributed by atoms with Gasteiger partial charge in [0.1, 0.15) is 0 Å². The van der Waals surface area contributed by atoms with Gasteiger partial charge in [-0.3, -0.25) is 0 Å². The van der Waals surface area contributed by atoms with Gasteiger partial charge in [0.2, 0.25) is 0 Å². The van der Waals surface area contributed by atoms with Crippen LogP contribution in [0.3, 0.4) is 0 Å². The number of thiophene rings is 4. The summed E-state index contributed by atoms with van der Waals surface area (Å²) in [7, 11) is 0. The van der Waals surface area contributed by atoms with Crippen molar-refractivity contribution in [2.75, 3.05) is 19.6 Å². The van der Waals surface area contributed by atoms with Crippen molar-refractivity contribution in [3.63, 3.8) is 0 Å². The molecule has 0 radical (unpaired) electrons. The molecule has 4 aliphatic rings. The van der Waals surface area contributed by atoms with Crippen LogP contribution in [0.4, 0.5) is 68.2 Å². The first-order chi connectivity index (χ1) is 46.6. The molecular weight excluding hydrogens is 1210 g/mol. The number of rotatable bonds is 5. The van der Waals surface area contributed by atoms with Crippen molar-refractivity contribution in [3.05, 3.63) is 291 Å². The molecule has 0 fully saturated rings. The largest absolute Gasteiger partial charge is 0.311 e. The molecule has 14 aromatic carbocycles. The SMILES string of the molecule is c1ccc2c(c1)B1c3ccccc3N(c3cccc4c3sc3ccccc34)c3cccc(c31)N2c1cc(-c2ccc3c(c2)B2c4ccccc4N(c4ccc5sc6ccccc6c5c4)c4cccc(c42)N3c2cccc3sc4ccccc4c23)c2sc3ccccc3c2c1. The molecule has 0 N–H and O–H groups in total. The van der Waals surface area contributed by atoms with Crippen molar-refractivity contribution < 1.29 is 0 Å². The third-order valence-electron chi connectivity index (χ3n) is 20.6. The van der Waals surface area contributed by atoms with E-state index in [1.54, 1.807) is 0 Å². The molecule has 0 atom stereocenters. The molecule has 0 saturated heterocycles. The first-order valence-corrected chi connectivity index (χ1v) is 35.5. The molecule has 0 bridgehead atoms. The van der Waals surface area contributed by atoms with E-state index in [2.05, 4.69) is 311 Å². The second-order valence-corrected chi connectivity index (χ2v) is 29.6. The van der Waals surface area contributed by atoms with Gasteiger partial charge < -0.3 is 19.6 Å². The van der Waals surface area contributed by atoms with Crippen LogP contribution in [0, 0.1) is 0 Å². The summed E-state index contributed by atoms with van der Waals surface area (Å²) < 4.78 is 10.4. The highest BCUT2D eigenvalue weighted by Crippen LogP contribution is 2.53. The van der Waals surface area contributed by atoms with E-state index >= 15 is 0 Å². The van der Waals surface area contributed by atoms with Crippen molar-refractivity contribution in [1.82, 2.24) is 0 Å². The molecule has 94 heavy (non-hydrogen) atoms. The van der Waals surface area contributed by atoms with Gasteiger partial charge in [-0.15, -0.1) is 45.3 Å². The van der Waals surface area contributed by atoms with Gasteiger partial charge in [0.15, 0.2) is 0 Å². The minimum Gasteiger partial charge on any atom is -0.311 e. The van der Waals surface area contributed by atoms with Crippen molar-refractivity contribution in [2.24, 2.45) is 0 Å². The van der Waals surface area contributed by atoms with Crippen molar-refractivity contribution in [1.29, 1.82) is 0 Å². The van der Waals surface area contributed by atoms with Crippen molar-refractivity contribution in [3.8, 4) is 11.1 Å². The zero-order chi connectivity index (χ0) is 61.0. The quantitative estimate of drug-likeness (QED) is 0.159. The molecule has 0 aliphatic carbocycles. The van der Waals surface area contributed by atoms with Crippen LogP contribution in [0.1, 0.15) is 0 Å². The molecule has 4 nitrogen and oxygen atoms in total. The maximum absolute atomic E-state index is 2.62. The summed E-state index contributed by atoms with van der Waals surface area (Å²) in [5.41, 5.74) is 24.6. The van der Waals surface area contributed by atoms with Crippen molar-refractivity contribution in [2.45, 2.75) is 0 Å². The number of nitrogens with zero attached hydrogens (tertiary/aromatic N) is 4. The van der Waals surface area contributed by atoms with E-state index in [4.69, 9.17) is 0 Å². The molecule has 4 aromatic heterocycles. The lowest BCUT2D eigenvalue weighted by Gasteiger charge is -2.44. The molecule has 0 unspecified atom stereocenters. The number of benzene rings is 14. The summed E-state index contributed by atoms with van der Waals surface area (Å²) in [6.07, 6.45) is 0. The summed E-state index contributed by atoms with van der Waals surface area (Å²) in [6, 6.07) is 111. The molecule has 0 amide bonds. The number of anilines is 12. The first kappa shape index (κ1) is 51.9.